The van der Waals surface area contributed by atoms with E-state index >= 15 is 0 Å². The predicted molar refractivity (Wildman–Crippen MR) is 151 cm³/mol. The summed E-state index contributed by atoms with van der Waals surface area (Å²) in [5.41, 5.74) is 2.23. The van der Waals surface area contributed by atoms with E-state index in [1.807, 2.05) is 18.2 Å². The molecule has 5 heterocycles. The van der Waals surface area contributed by atoms with Gasteiger partial charge < -0.3 is 24.4 Å². The quantitative estimate of drug-likeness (QED) is 0.359. The van der Waals surface area contributed by atoms with Gasteiger partial charge in [-0.05, 0) is 38.1 Å². The van der Waals surface area contributed by atoms with Gasteiger partial charge >= 0.3 is 0 Å². The van der Waals surface area contributed by atoms with E-state index in [4.69, 9.17) is 9.47 Å². The first kappa shape index (κ1) is 27.4. The molecule has 0 atom stereocenters. The second kappa shape index (κ2) is 11.5. The van der Waals surface area contributed by atoms with E-state index in [2.05, 4.69) is 37.9 Å². The van der Waals surface area contributed by atoms with Gasteiger partial charge in [-0.15, -0.1) is 0 Å². The summed E-state index contributed by atoms with van der Waals surface area (Å²) in [5.74, 6) is 7.21. The molecule has 11 nitrogen and oxygen atoms in total. The number of methoxy groups -OCH3 is 1. The number of anilines is 1. The first-order chi connectivity index (χ1) is 19.7. The average Bonchev–Trinajstić information content (AvgIpc) is 3.41. The van der Waals surface area contributed by atoms with Crippen LogP contribution in [0.15, 0.2) is 55.2 Å². The molecule has 208 valence electrons. The summed E-state index contributed by atoms with van der Waals surface area (Å²) in [6, 6.07) is 9.62. The smallest absolute Gasteiger partial charge is 0.298 e. The van der Waals surface area contributed by atoms with Crippen LogP contribution in [0.4, 0.5) is 5.82 Å². The SMILES string of the molecule is COc1cncc(C#CC(=O)N2CCN(c3ccc(-c4cc(OCC(C)(C)O)cn5ncc(C#N)c45)cn3)CC2)c1. The van der Waals surface area contributed by atoms with Gasteiger partial charge in [-0.3, -0.25) is 9.78 Å². The molecule has 1 fully saturated rings. The Labute approximate surface area is 237 Å². The summed E-state index contributed by atoms with van der Waals surface area (Å²) in [6.07, 6.45) is 8.13. The molecule has 11 heteroatoms. The van der Waals surface area contributed by atoms with Crippen molar-refractivity contribution in [3.05, 3.63) is 66.4 Å². The highest BCUT2D eigenvalue weighted by Crippen LogP contribution is 2.31. The Balaban J connectivity index is 1.29. The molecule has 0 aliphatic carbocycles. The Kier molecular flexibility index (Phi) is 7.72. The van der Waals surface area contributed by atoms with Crippen LogP contribution in [0.2, 0.25) is 0 Å². The van der Waals surface area contributed by atoms with Crippen molar-refractivity contribution >= 4 is 17.2 Å². The molecule has 1 N–H and O–H groups in total. The van der Waals surface area contributed by atoms with Gasteiger partial charge in [-0.25, -0.2) is 9.50 Å². The number of piperazine rings is 1. The summed E-state index contributed by atoms with van der Waals surface area (Å²) >= 11 is 0. The molecule has 0 spiro atoms. The van der Waals surface area contributed by atoms with E-state index < -0.39 is 5.60 Å². The zero-order chi connectivity index (χ0) is 29.0. The fourth-order valence-corrected chi connectivity index (χ4v) is 4.41. The molecule has 0 saturated carbocycles. The van der Waals surface area contributed by atoms with Crippen LogP contribution in [0.25, 0.3) is 16.6 Å². The number of fused-ring (bicyclic) bond motifs is 1. The van der Waals surface area contributed by atoms with Gasteiger partial charge in [0.1, 0.15) is 30.0 Å². The Morgan fingerprint density at radius 2 is 1.90 bits per heavy atom. The zero-order valence-electron chi connectivity index (χ0n) is 23.0. The topological polar surface area (TPSA) is 129 Å². The molecule has 1 amide bonds. The van der Waals surface area contributed by atoms with Gasteiger partial charge in [0.05, 0.1) is 42.4 Å². The van der Waals surface area contributed by atoms with Crippen molar-refractivity contribution in [2.24, 2.45) is 0 Å². The summed E-state index contributed by atoms with van der Waals surface area (Å²) in [5, 5.41) is 24.0. The number of ether oxygens (including phenoxy) is 2. The number of rotatable bonds is 6. The van der Waals surface area contributed by atoms with Crippen LogP contribution < -0.4 is 14.4 Å². The van der Waals surface area contributed by atoms with Crippen molar-refractivity contribution in [3.63, 3.8) is 0 Å². The van der Waals surface area contributed by atoms with Crippen LogP contribution in [0.3, 0.4) is 0 Å². The lowest BCUT2D eigenvalue weighted by Gasteiger charge is -2.34. The minimum atomic E-state index is -1.00. The van der Waals surface area contributed by atoms with E-state index in [1.54, 1.807) is 61.2 Å². The lowest BCUT2D eigenvalue weighted by atomic mass is 10.1. The number of nitriles is 1. The lowest BCUT2D eigenvalue weighted by Crippen LogP contribution is -2.48. The lowest BCUT2D eigenvalue weighted by molar-refractivity contribution is -0.125. The number of carbonyl (C=O) groups is 1. The Bertz CT molecular complexity index is 1670. The van der Waals surface area contributed by atoms with Gasteiger partial charge in [0.25, 0.3) is 5.91 Å². The largest absolute Gasteiger partial charge is 0.495 e. The standard InChI is InChI=1S/C30H29N7O4/c1-30(2,39)20-41-25-13-26(29-23(14-31)17-34-37(29)19-25)22-5-6-27(33-16-22)35-8-10-36(11-9-35)28(38)7-4-21-12-24(40-3)18-32-15-21/h5-6,12-13,15-19,39H,8-11,20H2,1-3H3. The van der Waals surface area contributed by atoms with Crippen molar-refractivity contribution in [2.75, 3.05) is 44.8 Å². The number of hydrogen-bond donors (Lipinski definition) is 1. The first-order valence-corrected chi connectivity index (χ1v) is 13.0. The number of amides is 1. The van der Waals surface area contributed by atoms with Gasteiger partial charge in [-0.2, -0.15) is 10.4 Å². The number of carbonyl (C=O) groups excluding carboxylic acids is 1. The Morgan fingerprint density at radius 3 is 2.59 bits per heavy atom. The van der Waals surface area contributed by atoms with E-state index in [-0.39, 0.29) is 12.5 Å². The Hall–Kier alpha value is -5.13. The predicted octanol–water partition coefficient (Wildman–Crippen LogP) is 2.52. The number of hydrogen-bond acceptors (Lipinski definition) is 9. The maximum atomic E-state index is 12.6. The van der Waals surface area contributed by atoms with Crippen LogP contribution in [-0.4, -0.2) is 81.0 Å². The Morgan fingerprint density at radius 1 is 1.10 bits per heavy atom. The zero-order valence-corrected chi connectivity index (χ0v) is 23.0. The van der Waals surface area contributed by atoms with Crippen LogP contribution >= 0.6 is 0 Å². The third-order valence-corrected chi connectivity index (χ3v) is 6.51. The van der Waals surface area contributed by atoms with Crippen molar-refractivity contribution in [1.82, 2.24) is 24.5 Å². The van der Waals surface area contributed by atoms with Crippen LogP contribution in [0.1, 0.15) is 25.0 Å². The first-order valence-electron chi connectivity index (χ1n) is 13.0. The highest BCUT2D eigenvalue weighted by Gasteiger charge is 2.22. The summed E-state index contributed by atoms with van der Waals surface area (Å²) < 4.78 is 12.6. The van der Waals surface area contributed by atoms with Crippen molar-refractivity contribution < 1.29 is 19.4 Å². The van der Waals surface area contributed by atoms with Gasteiger partial charge in [0.15, 0.2) is 0 Å². The third kappa shape index (κ3) is 6.38. The van der Waals surface area contributed by atoms with E-state index in [0.717, 1.165) is 16.9 Å². The second-order valence-electron chi connectivity index (χ2n) is 10.2. The number of nitrogens with zero attached hydrogens (tertiary/aromatic N) is 7. The molecule has 0 bridgehead atoms. The molecular weight excluding hydrogens is 522 g/mol. The van der Waals surface area contributed by atoms with Crippen LogP contribution in [0, 0.1) is 23.2 Å². The van der Waals surface area contributed by atoms with Gasteiger partial charge in [0.2, 0.25) is 0 Å². The maximum Gasteiger partial charge on any atom is 0.298 e. The molecule has 1 aliphatic rings. The number of aromatic nitrogens is 4. The minimum absolute atomic E-state index is 0.0970. The van der Waals surface area contributed by atoms with Crippen molar-refractivity contribution in [1.29, 1.82) is 5.26 Å². The number of aliphatic hydroxyl groups is 1. The van der Waals surface area contributed by atoms with E-state index in [1.165, 1.54) is 6.20 Å². The molecule has 4 aromatic rings. The molecular formula is C30H29N7O4. The normalized spacial score (nSPS) is 13.3. The molecule has 0 unspecified atom stereocenters. The molecule has 0 aromatic carbocycles. The average molecular weight is 552 g/mol. The third-order valence-electron chi connectivity index (χ3n) is 6.51. The fraction of sp³-hybridized carbons (Fsp3) is 0.300. The fourth-order valence-electron chi connectivity index (χ4n) is 4.41. The van der Waals surface area contributed by atoms with Crippen LogP contribution in [-0.2, 0) is 4.79 Å². The molecule has 0 radical (unpaired) electrons. The number of pyridine rings is 3. The molecule has 4 aromatic heterocycles. The van der Waals surface area contributed by atoms with Crippen molar-refractivity contribution in [2.45, 2.75) is 19.4 Å². The highest BCUT2D eigenvalue weighted by molar-refractivity contribution is 5.94. The summed E-state index contributed by atoms with van der Waals surface area (Å²) in [4.78, 5) is 25.2. The maximum absolute atomic E-state index is 12.6. The summed E-state index contributed by atoms with van der Waals surface area (Å²) in [6.45, 7) is 5.71. The van der Waals surface area contributed by atoms with Crippen LogP contribution in [0.5, 0.6) is 11.5 Å². The van der Waals surface area contributed by atoms with Crippen molar-refractivity contribution in [3.8, 4) is 40.5 Å². The minimum Gasteiger partial charge on any atom is -0.495 e. The molecule has 41 heavy (non-hydrogen) atoms. The van der Waals surface area contributed by atoms with E-state index in [9.17, 15) is 15.2 Å². The highest BCUT2D eigenvalue weighted by atomic mass is 16.5. The second-order valence-corrected chi connectivity index (χ2v) is 10.2. The molecule has 5 rings (SSSR count). The van der Waals surface area contributed by atoms with E-state index in [0.29, 0.717) is 54.3 Å². The summed E-state index contributed by atoms with van der Waals surface area (Å²) in [7, 11) is 1.55. The molecule has 1 aliphatic heterocycles. The van der Waals surface area contributed by atoms with Gasteiger partial charge in [-0.1, -0.05) is 5.92 Å². The van der Waals surface area contributed by atoms with Gasteiger partial charge in [0, 0.05) is 61.2 Å². The molecule has 1 saturated heterocycles. The monoisotopic (exact) mass is 551 g/mol.